The second kappa shape index (κ2) is 59.1. The number of phenolic OH excluding ortho intramolecular Hbond substituents is 5. The molecule has 104 heavy (non-hydrogen) atoms. The summed E-state index contributed by atoms with van der Waals surface area (Å²) in [5.74, 6) is 1.47. The van der Waals surface area contributed by atoms with Crippen molar-refractivity contribution < 1.29 is 25.5 Å². The maximum atomic E-state index is 9.55. The second-order valence-corrected chi connectivity index (χ2v) is 22.4. The van der Waals surface area contributed by atoms with E-state index in [2.05, 4.69) is 110 Å². The molecule has 582 valence electrons. The van der Waals surface area contributed by atoms with Gasteiger partial charge in [0, 0.05) is 45.8 Å². The number of hydrogen-bond donors (Lipinski definition) is 19. The topological polar surface area (TPSA) is 552 Å². The van der Waals surface area contributed by atoms with E-state index in [9.17, 15) is 25.5 Å². The second-order valence-electron chi connectivity index (χ2n) is 22.4. The summed E-state index contributed by atoms with van der Waals surface area (Å²) in [6, 6.07) is 42.4. The van der Waals surface area contributed by atoms with Crippen LogP contribution in [0.2, 0.25) is 0 Å². The number of hydrogen-bond acceptors (Lipinski definition) is 12. The van der Waals surface area contributed by atoms with Gasteiger partial charge in [0.25, 0.3) is 0 Å². The SMILES string of the molecule is C.C.C.C.C.C.C.Cc1cc(C)c(CCN=C(N)N)cc1O.Cc1cc(O)c(O)cc1CCN=C(N)N.Cc1cc(O)cc(CCN=C(N)N)c1.Cc1ccc(CCN=C(N)N)cc1.Cc1ccc(O)cc1CCN=C(N)N.Cc1cccc(CCN=C(N)N)c1.Cc1ccccc1CCN=C(N)N. The van der Waals surface area contributed by atoms with E-state index in [0.29, 0.717) is 58.0 Å². The van der Waals surface area contributed by atoms with Gasteiger partial charge < -0.3 is 106 Å². The van der Waals surface area contributed by atoms with Gasteiger partial charge in [-0.3, -0.25) is 34.9 Å². The first-order valence-electron chi connectivity index (χ1n) is 31.2. The number of aromatic hydroxyl groups is 5. The standard InChI is InChI=1S/C11H17N3O.C10H15N3O2.2C10H15N3O.3C10H15N3.7CH4/c1-7-5-8(2)10(15)6-9(7)3-4-14-11(12)13;1-6-4-8(14)9(15)5-7(6)2-3-13-10(11)12;1-7-4-8(6-9(14)5-7)2-3-13-10(11)12;1-7-2-3-9(14)6-8(7)4-5-13-10(11)12;1-8-2-4-9(5-3-8)6-7-13-10(11)12;1-8-3-2-4-9(7-8)5-6-13-10(11)12;1-8-4-2-3-5-9(8)6-7-13-10(11)12;;;;;;;/h5-6,15H,3-4H2,1-2H3,(H4,12,13,14);4-5,14-15H,2-3H2,1H3,(H4,11,12,13);4-6,14H,2-3H2,1H3,(H4,11,12,13);2-3,6,14H,4-5H2,1H3,(H4,11,12,13);2-5H,6-7H2,1H3,(H4,11,12,13);2-4,7H,5-6H2,1H3,(H4,11,12,13);2-5H,6-7H2,1H3,(H4,11,12,13);7*1H4. The van der Waals surface area contributed by atoms with Gasteiger partial charge in [-0.25, -0.2) is 0 Å². The van der Waals surface area contributed by atoms with Crippen molar-refractivity contribution in [3.05, 3.63) is 217 Å². The van der Waals surface area contributed by atoms with Gasteiger partial charge in [-0.15, -0.1) is 0 Å². The van der Waals surface area contributed by atoms with Crippen molar-refractivity contribution in [1.29, 1.82) is 0 Å². The smallest absolute Gasteiger partial charge is 0.185 e. The van der Waals surface area contributed by atoms with Gasteiger partial charge in [0.15, 0.2) is 53.2 Å². The van der Waals surface area contributed by atoms with Gasteiger partial charge in [-0.2, -0.15) is 0 Å². The number of nitrogens with zero attached hydrogens (tertiary/aromatic N) is 7. The van der Waals surface area contributed by atoms with Gasteiger partial charge in [0.2, 0.25) is 0 Å². The third kappa shape index (κ3) is 51.6. The molecule has 0 spiro atoms. The summed E-state index contributed by atoms with van der Waals surface area (Å²) in [5, 5.41) is 46.6. The zero-order chi connectivity index (χ0) is 73.0. The Balaban J connectivity index is -0.000000209. The van der Waals surface area contributed by atoms with Crippen LogP contribution in [0, 0.1) is 55.4 Å². The number of nitrogens with two attached hydrogens (primary N) is 14. The summed E-state index contributed by atoms with van der Waals surface area (Å²) in [7, 11) is 0. The Hall–Kier alpha value is -11.6. The summed E-state index contributed by atoms with van der Waals surface area (Å²) in [6.45, 7) is 20.0. The van der Waals surface area contributed by atoms with Crippen LogP contribution in [0.3, 0.4) is 0 Å². The van der Waals surface area contributed by atoms with Crippen molar-refractivity contribution in [2.24, 2.45) is 115 Å². The molecule has 0 radical (unpaired) electrons. The maximum absolute atomic E-state index is 9.55. The third-order valence-electron chi connectivity index (χ3n) is 13.8. The largest absolute Gasteiger partial charge is 0.508 e. The molecule has 0 aliphatic heterocycles. The number of rotatable bonds is 21. The molecule has 0 aromatic heterocycles. The summed E-state index contributed by atoms with van der Waals surface area (Å²) in [5.41, 5.74) is 89.7. The van der Waals surface area contributed by atoms with Crippen LogP contribution >= 0.6 is 0 Å². The monoisotopic (exact) mass is 1450 g/mol. The van der Waals surface area contributed by atoms with Crippen molar-refractivity contribution in [1.82, 2.24) is 0 Å². The fraction of sp³-hybridized carbons (Fsp3) is 0.372. The van der Waals surface area contributed by atoms with Gasteiger partial charge in [0.05, 0.1) is 0 Å². The molecule has 26 nitrogen and oxygen atoms in total. The maximum Gasteiger partial charge on any atom is 0.185 e. The Bertz CT molecular complexity index is 3600. The Morgan fingerprint density at radius 1 is 0.240 bits per heavy atom. The Labute approximate surface area is 623 Å². The number of guanidine groups is 7. The molecule has 0 atom stereocenters. The van der Waals surface area contributed by atoms with Gasteiger partial charge >= 0.3 is 0 Å². The molecular weight excluding hydrogens is 1310 g/mol. The van der Waals surface area contributed by atoms with Crippen LogP contribution in [0.25, 0.3) is 0 Å². The molecular formula is C78H135N21O5. The molecule has 7 rings (SSSR count). The molecule has 26 heteroatoms. The lowest BCUT2D eigenvalue weighted by molar-refractivity contribution is 0.402. The lowest BCUT2D eigenvalue weighted by atomic mass is 10.0. The van der Waals surface area contributed by atoms with Crippen molar-refractivity contribution in [2.75, 3.05) is 45.8 Å². The molecule has 0 fully saturated rings. The molecule has 33 N–H and O–H groups in total. The van der Waals surface area contributed by atoms with Crippen molar-refractivity contribution >= 4 is 41.7 Å². The molecule has 0 bridgehead atoms. The molecule has 0 aliphatic rings. The average molecular weight is 1450 g/mol. The van der Waals surface area contributed by atoms with E-state index in [4.69, 9.17) is 80.3 Å². The van der Waals surface area contributed by atoms with Crippen LogP contribution in [0.4, 0.5) is 0 Å². The number of aryl methyl sites for hydroxylation is 8. The lowest BCUT2D eigenvalue weighted by Crippen LogP contribution is -2.23. The Morgan fingerprint density at radius 3 is 1.02 bits per heavy atom. The predicted molar refractivity (Wildman–Crippen MR) is 449 cm³/mol. The van der Waals surface area contributed by atoms with E-state index in [1.54, 1.807) is 30.3 Å². The Kier molecular flexibility index (Phi) is 60.2. The minimum atomic E-state index is -0.125. The zero-order valence-electron chi connectivity index (χ0n) is 57.6. The molecule has 0 heterocycles. The van der Waals surface area contributed by atoms with E-state index in [1.807, 2.05) is 71.0 Å². The Morgan fingerprint density at radius 2 is 0.596 bits per heavy atom. The normalized spacial score (nSPS) is 9.12. The molecule has 7 aromatic rings. The first-order chi connectivity index (χ1) is 45.7. The number of aliphatic imine (C=N–C) groups is 7. The minimum absolute atomic E-state index is 0. The predicted octanol–water partition coefficient (Wildman–Crippen LogP) is 8.97. The van der Waals surface area contributed by atoms with E-state index in [0.717, 1.165) is 88.6 Å². The van der Waals surface area contributed by atoms with E-state index in [-0.39, 0.29) is 117 Å². The van der Waals surface area contributed by atoms with E-state index < -0.39 is 0 Å². The molecule has 0 saturated heterocycles. The highest BCUT2D eigenvalue weighted by Gasteiger charge is 2.07. The molecule has 0 aliphatic carbocycles. The van der Waals surface area contributed by atoms with Crippen LogP contribution < -0.4 is 80.3 Å². The van der Waals surface area contributed by atoms with Crippen LogP contribution in [-0.2, 0) is 44.9 Å². The first-order valence-corrected chi connectivity index (χ1v) is 31.2. The van der Waals surface area contributed by atoms with Crippen LogP contribution in [-0.4, -0.2) is 113 Å². The summed E-state index contributed by atoms with van der Waals surface area (Å²) in [6.07, 6.45) is 5.49. The molecule has 0 amide bonds. The van der Waals surface area contributed by atoms with Crippen LogP contribution in [0.15, 0.2) is 168 Å². The quantitative estimate of drug-likeness (QED) is 0.0181. The summed E-state index contributed by atoms with van der Waals surface area (Å²) < 4.78 is 0. The molecule has 7 aromatic carbocycles. The van der Waals surface area contributed by atoms with Crippen LogP contribution in [0.5, 0.6) is 28.7 Å². The van der Waals surface area contributed by atoms with Gasteiger partial charge in [-0.1, -0.05) is 154 Å². The third-order valence-corrected chi connectivity index (χ3v) is 13.8. The minimum Gasteiger partial charge on any atom is -0.508 e. The highest BCUT2D eigenvalue weighted by Crippen LogP contribution is 2.28. The van der Waals surface area contributed by atoms with Crippen molar-refractivity contribution in [3.63, 3.8) is 0 Å². The first kappa shape index (κ1) is 106. The van der Waals surface area contributed by atoms with Crippen molar-refractivity contribution in [2.45, 2.75) is 152 Å². The van der Waals surface area contributed by atoms with E-state index >= 15 is 0 Å². The lowest BCUT2D eigenvalue weighted by Gasteiger charge is -2.07. The zero-order valence-corrected chi connectivity index (χ0v) is 57.6. The summed E-state index contributed by atoms with van der Waals surface area (Å²) >= 11 is 0. The number of benzene rings is 7. The van der Waals surface area contributed by atoms with Crippen LogP contribution in [0.1, 0.15) is 135 Å². The molecule has 0 saturated carbocycles. The van der Waals surface area contributed by atoms with E-state index in [1.165, 1.54) is 45.5 Å². The van der Waals surface area contributed by atoms with Crippen molar-refractivity contribution in [3.8, 4) is 28.7 Å². The highest BCUT2D eigenvalue weighted by atomic mass is 16.3. The van der Waals surface area contributed by atoms with Gasteiger partial charge in [-0.05, 0) is 215 Å². The van der Waals surface area contributed by atoms with Gasteiger partial charge in [0.1, 0.15) is 17.2 Å². The average Bonchev–Trinajstić information content (AvgIpc) is 0.911. The highest BCUT2D eigenvalue weighted by molar-refractivity contribution is 5.77. The fourth-order valence-corrected chi connectivity index (χ4v) is 8.74. The molecule has 0 unspecified atom stereocenters. The fourth-order valence-electron chi connectivity index (χ4n) is 8.74. The number of phenols is 5. The summed E-state index contributed by atoms with van der Waals surface area (Å²) in [4.78, 5) is 27.3.